The van der Waals surface area contributed by atoms with Crippen LogP contribution in [-0.2, 0) is 6.18 Å². The Morgan fingerprint density at radius 2 is 1.70 bits per heavy atom. The quantitative estimate of drug-likeness (QED) is 0.711. The second kappa shape index (κ2) is 7.50. The van der Waals surface area contributed by atoms with Gasteiger partial charge in [-0.1, -0.05) is 50.8 Å². The average Bonchev–Trinajstić information content (AvgIpc) is 2.55. The van der Waals surface area contributed by atoms with E-state index in [1.807, 2.05) is 19.9 Å². The number of hydrogen-bond acceptors (Lipinski definition) is 2. The molecular weight excluding hydrogens is 303 g/mol. The SMILES string of the molecule is C=C(O)c1ccc(-c2ccccc2C#N)c(C(F)(F)F)c1.CC. The van der Waals surface area contributed by atoms with Crippen molar-refractivity contribution in [2.75, 3.05) is 0 Å². The molecule has 5 heteroatoms. The van der Waals surface area contributed by atoms with Crippen molar-refractivity contribution in [3.8, 4) is 17.2 Å². The molecule has 1 N–H and O–H groups in total. The summed E-state index contributed by atoms with van der Waals surface area (Å²) in [5.74, 6) is -0.444. The van der Waals surface area contributed by atoms with Crippen LogP contribution >= 0.6 is 0 Å². The fraction of sp³-hybridized carbons (Fsp3) is 0.167. The molecule has 2 rings (SSSR count). The molecule has 0 atom stereocenters. The van der Waals surface area contributed by atoms with Gasteiger partial charge in [0.1, 0.15) is 5.76 Å². The third kappa shape index (κ3) is 4.13. The van der Waals surface area contributed by atoms with E-state index in [-0.39, 0.29) is 22.3 Å². The number of aliphatic hydroxyl groups excluding tert-OH is 1. The van der Waals surface area contributed by atoms with Gasteiger partial charge in [0, 0.05) is 11.1 Å². The van der Waals surface area contributed by atoms with Gasteiger partial charge in [-0.3, -0.25) is 0 Å². The van der Waals surface area contributed by atoms with E-state index in [1.165, 1.54) is 24.3 Å². The molecule has 0 heterocycles. The summed E-state index contributed by atoms with van der Waals surface area (Å²) in [4.78, 5) is 0. The minimum atomic E-state index is -4.61. The highest BCUT2D eigenvalue weighted by Gasteiger charge is 2.34. The summed E-state index contributed by atoms with van der Waals surface area (Å²) < 4.78 is 39.7. The molecule has 0 saturated heterocycles. The normalized spacial score (nSPS) is 10.3. The van der Waals surface area contributed by atoms with Crippen LogP contribution in [0.5, 0.6) is 0 Å². The number of alkyl halides is 3. The topological polar surface area (TPSA) is 44.0 Å². The van der Waals surface area contributed by atoms with E-state index in [0.29, 0.717) is 0 Å². The highest BCUT2D eigenvalue weighted by Crippen LogP contribution is 2.39. The minimum absolute atomic E-state index is 0.0134. The lowest BCUT2D eigenvalue weighted by Gasteiger charge is -2.15. The monoisotopic (exact) mass is 319 g/mol. The van der Waals surface area contributed by atoms with Crippen LogP contribution in [0.4, 0.5) is 13.2 Å². The Hall–Kier alpha value is -2.74. The van der Waals surface area contributed by atoms with Crippen LogP contribution in [0.25, 0.3) is 16.9 Å². The number of nitrogens with zero attached hydrogens (tertiary/aromatic N) is 1. The average molecular weight is 319 g/mol. The van der Waals surface area contributed by atoms with Crippen LogP contribution in [0.15, 0.2) is 49.0 Å². The van der Waals surface area contributed by atoms with Crippen molar-refractivity contribution in [1.82, 2.24) is 0 Å². The van der Waals surface area contributed by atoms with E-state index >= 15 is 0 Å². The van der Waals surface area contributed by atoms with Crippen molar-refractivity contribution in [3.05, 3.63) is 65.7 Å². The number of benzene rings is 2. The predicted octanol–water partition coefficient (Wildman–Crippen LogP) is 5.80. The molecule has 120 valence electrons. The molecule has 0 aromatic heterocycles. The number of aliphatic hydroxyl groups is 1. The lowest BCUT2D eigenvalue weighted by molar-refractivity contribution is -0.137. The summed E-state index contributed by atoms with van der Waals surface area (Å²) >= 11 is 0. The molecule has 0 amide bonds. The smallest absolute Gasteiger partial charge is 0.417 e. The Bertz CT molecular complexity index is 743. The third-order valence-electron chi connectivity index (χ3n) is 3.00. The number of rotatable bonds is 2. The molecule has 0 aliphatic rings. The van der Waals surface area contributed by atoms with Crippen LogP contribution in [-0.4, -0.2) is 5.11 Å². The van der Waals surface area contributed by atoms with Gasteiger partial charge >= 0.3 is 6.18 Å². The highest BCUT2D eigenvalue weighted by molar-refractivity contribution is 5.75. The van der Waals surface area contributed by atoms with E-state index in [2.05, 4.69) is 6.58 Å². The first kappa shape index (κ1) is 18.3. The Kier molecular flexibility index (Phi) is 5.97. The maximum absolute atomic E-state index is 13.2. The first-order valence-corrected chi connectivity index (χ1v) is 6.93. The van der Waals surface area contributed by atoms with Crippen molar-refractivity contribution >= 4 is 5.76 Å². The zero-order valence-electron chi connectivity index (χ0n) is 12.8. The van der Waals surface area contributed by atoms with E-state index in [1.54, 1.807) is 12.1 Å². The zero-order valence-corrected chi connectivity index (χ0v) is 12.8. The fourth-order valence-electron chi connectivity index (χ4n) is 2.01. The van der Waals surface area contributed by atoms with Gasteiger partial charge in [-0.25, -0.2) is 0 Å². The number of hydrogen-bond donors (Lipinski definition) is 1. The van der Waals surface area contributed by atoms with Gasteiger partial charge < -0.3 is 5.11 Å². The van der Waals surface area contributed by atoms with Crippen molar-refractivity contribution in [1.29, 1.82) is 5.26 Å². The van der Waals surface area contributed by atoms with E-state index in [4.69, 9.17) is 5.26 Å². The minimum Gasteiger partial charge on any atom is -0.508 e. The van der Waals surface area contributed by atoms with Gasteiger partial charge in [-0.05, 0) is 17.7 Å². The van der Waals surface area contributed by atoms with Gasteiger partial charge in [0.25, 0.3) is 0 Å². The lowest BCUT2D eigenvalue weighted by Crippen LogP contribution is -2.08. The molecule has 0 aliphatic carbocycles. The largest absolute Gasteiger partial charge is 0.508 e. The summed E-state index contributed by atoms with van der Waals surface area (Å²) in [6, 6.07) is 11.3. The zero-order chi connectivity index (χ0) is 17.6. The van der Waals surface area contributed by atoms with Gasteiger partial charge in [-0.2, -0.15) is 18.4 Å². The standard InChI is InChI=1S/C16H10F3NO.C2H6/c1-10(21)11-6-7-14(15(8-11)16(17,18)19)13-5-3-2-4-12(13)9-20;1-2/h2-8,21H,1H2;1-2H3. The van der Waals surface area contributed by atoms with Crippen molar-refractivity contribution in [3.63, 3.8) is 0 Å². The molecule has 0 bridgehead atoms. The molecule has 0 radical (unpaired) electrons. The third-order valence-corrected chi connectivity index (χ3v) is 3.00. The second-order valence-corrected chi connectivity index (χ2v) is 4.36. The van der Waals surface area contributed by atoms with Gasteiger partial charge in [0.2, 0.25) is 0 Å². The molecule has 0 spiro atoms. The molecule has 0 saturated carbocycles. The highest BCUT2D eigenvalue weighted by atomic mass is 19.4. The maximum Gasteiger partial charge on any atom is 0.417 e. The van der Waals surface area contributed by atoms with E-state index in [9.17, 15) is 18.3 Å². The summed E-state index contributed by atoms with van der Waals surface area (Å²) in [6.07, 6.45) is -4.61. The van der Waals surface area contributed by atoms with Gasteiger partial charge in [-0.15, -0.1) is 0 Å². The summed E-state index contributed by atoms with van der Waals surface area (Å²) in [5, 5.41) is 18.3. The molecule has 0 aliphatic heterocycles. The molecular formula is C18H16F3NO. The van der Waals surface area contributed by atoms with Gasteiger partial charge in [0.15, 0.2) is 0 Å². The predicted molar refractivity (Wildman–Crippen MR) is 84.6 cm³/mol. The fourth-order valence-corrected chi connectivity index (χ4v) is 2.01. The second-order valence-electron chi connectivity index (χ2n) is 4.36. The van der Waals surface area contributed by atoms with Crippen LogP contribution in [0.1, 0.15) is 30.5 Å². The lowest BCUT2D eigenvalue weighted by atomic mass is 9.93. The van der Waals surface area contributed by atoms with Crippen LogP contribution < -0.4 is 0 Å². The van der Waals surface area contributed by atoms with Crippen LogP contribution in [0.2, 0.25) is 0 Å². The molecule has 2 nitrogen and oxygen atoms in total. The van der Waals surface area contributed by atoms with Gasteiger partial charge in [0.05, 0.1) is 17.2 Å². The molecule has 2 aromatic carbocycles. The number of nitriles is 1. The molecule has 0 unspecified atom stereocenters. The first-order chi connectivity index (χ1) is 10.8. The van der Waals surface area contributed by atoms with E-state index in [0.717, 1.165) is 6.07 Å². The maximum atomic E-state index is 13.2. The molecule has 0 fully saturated rings. The molecule has 23 heavy (non-hydrogen) atoms. The Morgan fingerprint density at radius 1 is 1.09 bits per heavy atom. The summed E-state index contributed by atoms with van der Waals surface area (Å²) in [5.41, 5.74) is -0.691. The summed E-state index contributed by atoms with van der Waals surface area (Å²) in [7, 11) is 0. The Morgan fingerprint density at radius 3 is 2.22 bits per heavy atom. The summed E-state index contributed by atoms with van der Waals surface area (Å²) in [6.45, 7) is 7.22. The van der Waals surface area contributed by atoms with Crippen LogP contribution in [0, 0.1) is 11.3 Å². The van der Waals surface area contributed by atoms with Crippen molar-refractivity contribution < 1.29 is 18.3 Å². The van der Waals surface area contributed by atoms with Crippen molar-refractivity contribution in [2.45, 2.75) is 20.0 Å². The number of halogens is 3. The first-order valence-electron chi connectivity index (χ1n) is 6.93. The molecule has 2 aromatic rings. The van der Waals surface area contributed by atoms with Crippen molar-refractivity contribution in [2.24, 2.45) is 0 Å². The van der Waals surface area contributed by atoms with Crippen LogP contribution in [0.3, 0.4) is 0 Å². The van der Waals surface area contributed by atoms with E-state index < -0.39 is 17.5 Å². The Labute approximate surface area is 133 Å². The Balaban J connectivity index is 0.00000127.